The number of benzene rings is 1. The lowest BCUT2D eigenvalue weighted by atomic mass is 9.73. The maximum absolute atomic E-state index is 15.0. The number of nitrogens with two attached hydrogens (primary N) is 1. The lowest BCUT2D eigenvalue weighted by molar-refractivity contribution is -0.222. The summed E-state index contributed by atoms with van der Waals surface area (Å²) in [5, 5.41) is 0. The van der Waals surface area contributed by atoms with Gasteiger partial charge in [-0.15, -0.1) is 0 Å². The molecule has 0 aliphatic carbocycles. The number of ether oxygens (including phenoxy) is 2. The van der Waals surface area contributed by atoms with Crippen LogP contribution in [0.25, 0.3) is 4.85 Å². The number of hydrogen-bond acceptors (Lipinski definition) is 6. The molecule has 4 rings (SSSR count). The van der Waals surface area contributed by atoms with Crippen LogP contribution in [0, 0.1) is 18.3 Å². The van der Waals surface area contributed by atoms with Gasteiger partial charge in [0.1, 0.15) is 23.2 Å². The Morgan fingerprint density at radius 3 is 2.73 bits per heavy atom. The molecule has 0 radical (unpaired) electrons. The van der Waals surface area contributed by atoms with Crippen molar-refractivity contribution >= 4 is 17.5 Å². The van der Waals surface area contributed by atoms with Gasteiger partial charge in [-0.25, -0.2) is 14.2 Å². The van der Waals surface area contributed by atoms with Gasteiger partial charge in [0.2, 0.25) is 5.69 Å². The van der Waals surface area contributed by atoms with Crippen molar-refractivity contribution in [2.24, 2.45) is 16.6 Å². The van der Waals surface area contributed by atoms with Crippen LogP contribution in [0.3, 0.4) is 0 Å². The van der Waals surface area contributed by atoms with E-state index in [0.29, 0.717) is 5.56 Å². The molecule has 3 heterocycles. The molecule has 4 atom stereocenters. The van der Waals surface area contributed by atoms with E-state index in [-0.39, 0.29) is 36.0 Å². The number of aliphatic imine (C=N–C) groups is 1. The van der Waals surface area contributed by atoms with Crippen molar-refractivity contribution in [1.29, 1.82) is 0 Å². The van der Waals surface area contributed by atoms with Gasteiger partial charge in [-0.2, -0.15) is 13.2 Å². The fourth-order valence-electron chi connectivity index (χ4n) is 4.35. The number of pyridine rings is 1. The topological polar surface area (TPSA) is 91.2 Å². The molecular weight excluding hydrogens is 444 g/mol. The zero-order valence-electron chi connectivity index (χ0n) is 17.3. The smallest absolute Gasteiger partial charge is 0.415 e. The van der Waals surface area contributed by atoms with E-state index in [1.165, 1.54) is 37.4 Å². The molecule has 1 fully saturated rings. The van der Waals surface area contributed by atoms with Gasteiger partial charge in [0, 0.05) is 18.2 Å². The van der Waals surface area contributed by atoms with Crippen LogP contribution in [0.1, 0.15) is 28.5 Å². The second-order valence-electron chi connectivity index (χ2n) is 8.00. The molecule has 33 heavy (non-hydrogen) atoms. The Hall–Kier alpha value is -3.52. The minimum atomic E-state index is -4.72. The molecule has 1 aromatic carbocycles. The van der Waals surface area contributed by atoms with Gasteiger partial charge in [0.25, 0.3) is 6.02 Å². The van der Waals surface area contributed by atoms with Crippen molar-refractivity contribution in [3.8, 4) is 0 Å². The molecule has 0 bridgehead atoms. The summed E-state index contributed by atoms with van der Waals surface area (Å²) in [6.45, 7) is 7.92. The predicted octanol–water partition coefficient (Wildman–Crippen LogP) is 3.70. The van der Waals surface area contributed by atoms with Crippen LogP contribution in [0.15, 0.2) is 41.5 Å². The van der Waals surface area contributed by atoms with E-state index in [4.69, 9.17) is 21.8 Å². The van der Waals surface area contributed by atoms with Gasteiger partial charge >= 0.3 is 6.18 Å². The first-order valence-corrected chi connectivity index (χ1v) is 9.89. The number of nitrogens with zero attached hydrogens (tertiary/aromatic N) is 3. The molecule has 0 amide bonds. The summed E-state index contributed by atoms with van der Waals surface area (Å²) in [5.41, 5.74) is 4.55. The zero-order valence-corrected chi connectivity index (χ0v) is 17.3. The van der Waals surface area contributed by atoms with E-state index in [1.807, 2.05) is 0 Å². The average Bonchev–Trinajstić information content (AvgIpc) is 3.20. The summed E-state index contributed by atoms with van der Waals surface area (Å²) >= 11 is 0. The Morgan fingerprint density at radius 1 is 1.33 bits per heavy atom. The molecule has 0 saturated carbocycles. The van der Waals surface area contributed by atoms with E-state index < -0.39 is 41.4 Å². The maximum atomic E-state index is 15.0. The Kier molecular flexibility index (Phi) is 5.57. The highest BCUT2D eigenvalue weighted by atomic mass is 19.4. The van der Waals surface area contributed by atoms with Crippen LogP contribution in [0.4, 0.5) is 23.2 Å². The van der Waals surface area contributed by atoms with Crippen molar-refractivity contribution < 1.29 is 31.8 Å². The van der Waals surface area contributed by atoms with Crippen molar-refractivity contribution in [2.45, 2.75) is 37.3 Å². The number of aromatic nitrogens is 1. The van der Waals surface area contributed by atoms with Crippen LogP contribution < -0.4 is 5.73 Å². The number of fused-ring (bicyclic) bond motifs is 1. The third-order valence-electron chi connectivity index (χ3n) is 5.86. The van der Waals surface area contributed by atoms with E-state index in [1.54, 1.807) is 0 Å². The quantitative estimate of drug-likeness (QED) is 0.425. The number of hydrogen-bond donors (Lipinski definition) is 1. The fourth-order valence-corrected chi connectivity index (χ4v) is 4.35. The van der Waals surface area contributed by atoms with Crippen LogP contribution in [-0.4, -0.2) is 41.8 Å². The van der Waals surface area contributed by atoms with Crippen molar-refractivity contribution in [3.05, 3.63) is 70.6 Å². The molecule has 2 N–H and O–H groups in total. The van der Waals surface area contributed by atoms with Gasteiger partial charge < -0.3 is 15.2 Å². The first kappa shape index (κ1) is 22.7. The minimum absolute atomic E-state index is 0.106. The molecule has 2 aliphatic rings. The molecule has 1 aromatic heterocycles. The van der Waals surface area contributed by atoms with Crippen molar-refractivity contribution in [1.82, 2.24) is 4.98 Å². The van der Waals surface area contributed by atoms with Crippen molar-refractivity contribution in [3.63, 3.8) is 0 Å². The Balaban J connectivity index is 1.70. The summed E-state index contributed by atoms with van der Waals surface area (Å²) < 4.78 is 66.1. The summed E-state index contributed by atoms with van der Waals surface area (Å²) in [6.07, 6.45) is -6.93. The third-order valence-corrected chi connectivity index (χ3v) is 5.86. The first-order chi connectivity index (χ1) is 15.5. The lowest BCUT2D eigenvalue weighted by Crippen LogP contribution is -2.52. The Bertz CT molecular complexity index is 1160. The minimum Gasteiger partial charge on any atom is -0.459 e. The van der Waals surface area contributed by atoms with Gasteiger partial charge in [-0.05, 0) is 30.7 Å². The molecule has 11 heteroatoms. The van der Waals surface area contributed by atoms with Gasteiger partial charge in [0.05, 0.1) is 19.1 Å². The lowest BCUT2D eigenvalue weighted by Gasteiger charge is -2.41. The number of Topliss-reactive ketones (excluding diaryl/α,β-unsaturated/α-hetero) is 1. The third kappa shape index (κ3) is 4.14. The number of carbonyl (C=O) groups excluding carboxylic acids is 1. The van der Waals surface area contributed by atoms with E-state index in [2.05, 4.69) is 14.8 Å². The van der Waals surface area contributed by atoms with Crippen molar-refractivity contribution in [2.75, 3.05) is 6.61 Å². The van der Waals surface area contributed by atoms with Gasteiger partial charge in [-0.3, -0.25) is 9.78 Å². The number of amidine groups is 1. The van der Waals surface area contributed by atoms with E-state index in [9.17, 15) is 22.4 Å². The number of carbonyl (C=O) groups is 1. The fraction of sp³-hybridized carbons (Fsp3) is 0.364. The Labute approximate surface area is 186 Å². The molecule has 0 unspecified atom stereocenters. The monoisotopic (exact) mass is 462 g/mol. The normalized spacial score (nSPS) is 26.7. The standard InChI is InChI=1S/C22H18F4N4O3/c1-21(18-17(33-20(27)30-21)10-32-19(18)22(24,25)26)13-7-11(3-5-14(13)23)8-16(31)15-6-4-12(28-2)9-29-15/h3-7,9,17-19H,8,10H2,1H3,(H2,27,30)/t17-,18-,19-,21-/m1/s1. The summed E-state index contributed by atoms with van der Waals surface area (Å²) in [6, 6.07) is 6.24. The van der Waals surface area contributed by atoms with Crippen LogP contribution >= 0.6 is 0 Å². The largest absolute Gasteiger partial charge is 0.459 e. The maximum Gasteiger partial charge on any atom is 0.415 e. The number of rotatable bonds is 4. The summed E-state index contributed by atoms with van der Waals surface area (Å²) in [5.74, 6) is -2.58. The second kappa shape index (κ2) is 8.12. The zero-order chi connectivity index (χ0) is 24.0. The van der Waals surface area contributed by atoms with Crippen LogP contribution in [0.2, 0.25) is 0 Å². The highest BCUT2D eigenvalue weighted by Crippen LogP contribution is 2.50. The average molecular weight is 462 g/mol. The number of halogens is 4. The van der Waals surface area contributed by atoms with E-state index >= 15 is 0 Å². The second-order valence-corrected chi connectivity index (χ2v) is 8.00. The van der Waals surface area contributed by atoms with Crippen LogP contribution in [-0.2, 0) is 21.4 Å². The molecule has 7 nitrogen and oxygen atoms in total. The highest BCUT2D eigenvalue weighted by molar-refractivity contribution is 5.96. The molecule has 0 spiro atoms. The molecule has 2 aliphatic heterocycles. The SMILES string of the molecule is [C-]#[N+]c1ccc(C(=O)Cc2ccc(F)c([C@@]3(C)N=C(N)O[C@@H]4CO[C@@H](C(F)(F)F)[C@@H]43)c2)nc1. The summed E-state index contributed by atoms with van der Waals surface area (Å²) in [7, 11) is 0. The van der Waals surface area contributed by atoms with Gasteiger partial charge in [0.15, 0.2) is 11.9 Å². The Morgan fingerprint density at radius 2 is 2.09 bits per heavy atom. The first-order valence-electron chi connectivity index (χ1n) is 9.89. The number of ketones is 1. The number of alkyl halides is 3. The highest BCUT2D eigenvalue weighted by Gasteiger charge is 2.62. The molecule has 2 aromatic rings. The molecular formula is C22H18F4N4O3. The van der Waals surface area contributed by atoms with Gasteiger partial charge in [-0.1, -0.05) is 12.1 Å². The molecule has 1 saturated heterocycles. The molecule has 172 valence electrons. The summed E-state index contributed by atoms with van der Waals surface area (Å²) in [4.78, 5) is 23.8. The van der Waals surface area contributed by atoms with E-state index in [0.717, 1.165) is 6.07 Å². The van der Waals surface area contributed by atoms with Crippen LogP contribution in [0.5, 0.6) is 0 Å². The predicted molar refractivity (Wildman–Crippen MR) is 108 cm³/mol.